The first-order valence-corrected chi connectivity index (χ1v) is 8.42. The minimum absolute atomic E-state index is 0.0907. The normalized spacial score (nSPS) is 22.8. The van der Waals surface area contributed by atoms with Crippen LogP contribution in [0.2, 0.25) is 0 Å². The molecular weight excluding hydrogens is 311 g/mol. The number of nitrogens with two attached hydrogens (primary N) is 1. The monoisotopic (exact) mass is 332 g/mol. The van der Waals surface area contributed by atoms with Gasteiger partial charge in [-0.25, -0.2) is 12.8 Å². The van der Waals surface area contributed by atoms with Crippen molar-refractivity contribution in [2.45, 2.75) is 24.3 Å². The van der Waals surface area contributed by atoms with Gasteiger partial charge in [0.15, 0.2) is 11.5 Å². The second-order valence-corrected chi connectivity index (χ2v) is 7.26. The van der Waals surface area contributed by atoms with Crippen molar-refractivity contribution < 1.29 is 22.3 Å². The SMILES string of the molecule is COc1cc(F)c(S(=O)(=O)N2CC(CN)CC2C)cc1OC. The van der Waals surface area contributed by atoms with Crippen molar-refractivity contribution in [3.63, 3.8) is 0 Å². The standard InChI is InChI=1S/C14H21FN2O4S/c1-9-4-10(7-16)8-17(9)22(18,19)14-6-13(21-3)12(20-2)5-11(14)15/h5-6,9-10H,4,7-8,16H2,1-3H3. The van der Waals surface area contributed by atoms with Crippen molar-refractivity contribution in [1.82, 2.24) is 4.31 Å². The molecule has 1 aromatic carbocycles. The van der Waals surface area contributed by atoms with Crippen molar-refractivity contribution in [1.29, 1.82) is 0 Å². The summed E-state index contributed by atoms with van der Waals surface area (Å²) in [6.45, 7) is 2.50. The van der Waals surface area contributed by atoms with Crippen molar-refractivity contribution >= 4 is 10.0 Å². The van der Waals surface area contributed by atoms with Gasteiger partial charge in [0.05, 0.1) is 14.2 Å². The maximum absolute atomic E-state index is 14.2. The van der Waals surface area contributed by atoms with Crippen LogP contribution in [0.5, 0.6) is 11.5 Å². The highest BCUT2D eigenvalue weighted by atomic mass is 32.2. The van der Waals surface area contributed by atoms with Crippen LogP contribution in [0.1, 0.15) is 13.3 Å². The van der Waals surface area contributed by atoms with Gasteiger partial charge in [0.1, 0.15) is 10.7 Å². The molecule has 22 heavy (non-hydrogen) atoms. The fourth-order valence-corrected chi connectivity index (χ4v) is 4.56. The van der Waals surface area contributed by atoms with Crippen LogP contribution in [0.3, 0.4) is 0 Å². The van der Waals surface area contributed by atoms with E-state index in [-0.39, 0.29) is 23.5 Å². The number of methoxy groups -OCH3 is 2. The summed E-state index contributed by atoms with van der Waals surface area (Å²) in [4.78, 5) is -0.408. The number of benzene rings is 1. The minimum atomic E-state index is -3.95. The summed E-state index contributed by atoms with van der Waals surface area (Å²) in [5.41, 5.74) is 5.62. The zero-order chi connectivity index (χ0) is 16.5. The van der Waals surface area contributed by atoms with Gasteiger partial charge in [0.2, 0.25) is 10.0 Å². The minimum Gasteiger partial charge on any atom is -0.493 e. The lowest BCUT2D eigenvalue weighted by Crippen LogP contribution is -2.35. The fourth-order valence-electron chi connectivity index (χ4n) is 2.77. The van der Waals surface area contributed by atoms with Crippen molar-refractivity contribution in [2.24, 2.45) is 11.7 Å². The van der Waals surface area contributed by atoms with E-state index in [1.165, 1.54) is 18.5 Å². The van der Waals surface area contributed by atoms with Gasteiger partial charge >= 0.3 is 0 Å². The van der Waals surface area contributed by atoms with Crippen LogP contribution >= 0.6 is 0 Å². The van der Waals surface area contributed by atoms with Crippen LogP contribution in [0, 0.1) is 11.7 Å². The Hall–Kier alpha value is -1.38. The second-order valence-electron chi connectivity index (χ2n) is 5.40. The van der Waals surface area contributed by atoms with E-state index in [0.29, 0.717) is 19.5 Å². The first-order chi connectivity index (χ1) is 10.3. The molecule has 0 saturated carbocycles. The fraction of sp³-hybridized carbons (Fsp3) is 0.571. The number of halogens is 1. The summed E-state index contributed by atoms with van der Waals surface area (Å²) < 4.78 is 51.1. The maximum Gasteiger partial charge on any atom is 0.246 e. The Labute approximate surface area is 130 Å². The number of nitrogens with zero attached hydrogens (tertiary/aromatic N) is 1. The number of rotatable bonds is 5. The third kappa shape index (κ3) is 2.90. The first kappa shape index (κ1) is 17.0. The highest BCUT2D eigenvalue weighted by Crippen LogP contribution is 2.35. The van der Waals surface area contributed by atoms with E-state index in [2.05, 4.69) is 0 Å². The molecule has 2 atom stereocenters. The van der Waals surface area contributed by atoms with Crippen LogP contribution in [0.4, 0.5) is 4.39 Å². The highest BCUT2D eigenvalue weighted by molar-refractivity contribution is 7.89. The van der Waals surface area contributed by atoms with Crippen molar-refractivity contribution in [2.75, 3.05) is 27.3 Å². The molecular formula is C14H21FN2O4S. The Morgan fingerprint density at radius 3 is 2.41 bits per heavy atom. The summed E-state index contributed by atoms with van der Waals surface area (Å²) in [6.07, 6.45) is 0.671. The molecule has 1 aliphatic rings. The first-order valence-electron chi connectivity index (χ1n) is 6.98. The van der Waals surface area contributed by atoms with E-state index >= 15 is 0 Å². The van der Waals surface area contributed by atoms with Crippen LogP contribution in [0.15, 0.2) is 17.0 Å². The predicted octanol–water partition coefficient (Wildman–Crippen LogP) is 1.20. The second kappa shape index (κ2) is 6.39. The number of hydrogen-bond donors (Lipinski definition) is 1. The van der Waals surface area contributed by atoms with Crippen LogP contribution < -0.4 is 15.2 Å². The average molecular weight is 332 g/mol. The van der Waals surface area contributed by atoms with Crippen LogP contribution in [0.25, 0.3) is 0 Å². The molecule has 1 heterocycles. The third-order valence-corrected chi connectivity index (χ3v) is 5.96. The van der Waals surface area contributed by atoms with E-state index in [1.807, 2.05) is 0 Å². The average Bonchev–Trinajstić information content (AvgIpc) is 2.88. The van der Waals surface area contributed by atoms with Gasteiger partial charge in [0, 0.05) is 24.7 Å². The molecule has 8 heteroatoms. The maximum atomic E-state index is 14.2. The molecule has 0 bridgehead atoms. The molecule has 0 radical (unpaired) electrons. The molecule has 0 amide bonds. The van der Waals surface area contributed by atoms with E-state index < -0.39 is 20.7 Å². The third-order valence-electron chi connectivity index (χ3n) is 3.96. The summed E-state index contributed by atoms with van der Waals surface area (Å²) in [6, 6.07) is 1.96. The van der Waals surface area contributed by atoms with E-state index in [9.17, 15) is 12.8 Å². The van der Waals surface area contributed by atoms with Gasteiger partial charge in [-0.05, 0) is 25.8 Å². The van der Waals surface area contributed by atoms with Gasteiger partial charge in [-0.15, -0.1) is 0 Å². The molecule has 2 N–H and O–H groups in total. The van der Waals surface area contributed by atoms with Crippen LogP contribution in [-0.4, -0.2) is 46.1 Å². The van der Waals surface area contributed by atoms with E-state index in [4.69, 9.17) is 15.2 Å². The molecule has 0 aromatic heterocycles. The van der Waals surface area contributed by atoms with Gasteiger partial charge < -0.3 is 15.2 Å². The summed E-state index contributed by atoms with van der Waals surface area (Å²) in [5, 5.41) is 0. The Balaban J connectivity index is 2.46. The zero-order valence-electron chi connectivity index (χ0n) is 12.9. The van der Waals surface area contributed by atoms with Crippen LogP contribution in [-0.2, 0) is 10.0 Å². The van der Waals surface area contributed by atoms with Crippen molar-refractivity contribution in [3.8, 4) is 11.5 Å². The van der Waals surface area contributed by atoms with Gasteiger partial charge in [-0.3, -0.25) is 0 Å². The molecule has 0 aliphatic carbocycles. The summed E-state index contributed by atoms with van der Waals surface area (Å²) >= 11 is 0. The molecule has 1 aromatic rings. The Morgan fingerprint density at radius 1 is 1.32 bits per heavy atom. The predicted molar refractivity (Wildman–Crippen MR) is 80.0 cm³/mol. The molecule has 1 fully saturated rings. The van der Waals surface area contributed by atoms with E-state index in [0.717, 1.165) is 12.1 Å². The van der Waals surface area contributed by atoms with Gasteiger partial charge in [-0.1, -0.05) is 0 Å². The smallest absolute Gasteiger partial charge is 0.246 e. The Kier molecular flexibility index (Phi) is 4.93. The van der Waals surface area contributed by atoms with Gasteiger partial charge in [-0.2, -0.15) is 4.31 Å². The molecule has 1 saturated heterocycles. The summed E-state index contributed by atoms with van der Waals surface area (Å²) in [5.74, 6) is -0.452. The Bertz CT molecular complexity index is 650. The lowest BCUT2D eigenvalue weighted by atomic mass is 10.1. The quantitative estimate of drug-likeness (QED) is 0.876. The number of hydrogen-bond acceptors (Lipinski definition) is 5. The number of sulfonamides is 1. The Morgan fingerprint density at radius 2 is 1.91 bits per heavy atom. The highest BCUT2D eigenvalue weighted by Gasteiger charge is 2.39. The molecule has 6 nitrogen and oxygen atoms in total. The number of ether oxygens (including phenoxy) is 2. The lowest BCUT2D eigenvalue weighted by molar-refractivity contribution is 0.349. The molecule has 1 aliphatic heterocycles. The van der Waals surface area contributed by atoms with Crippen molar-refractivity contribution in [3.05, 3.63) is 17.9 Å². The molecule has 0 spiro atoms. The van der Waals surface area contributed by atoms with Gasteiger partial charge in [0.25, 0.3) is 0 Å². The topological polar surface area (TPSA) is 81.9 Å². The molecule has 2 rings (SSSR count). The van der Waals surface area contributed by atoms with E-state index in [1.54, 1.807) is 6.92 Å². The zero-order valence-corrected chi connectivity index (χ0v) is 13.7. The summed E-state index contributed by atoms with van der Waals surface area (Å²) in [7, 11) is -1.22. The molecule has 124 valence electrons. The lowest BCUT2D eigenvalue weighted by Gasteiger charge is -2.22. The largest absolute Gasteiger partial charge is 0.493 e. The molecule has 2 unspecified atom stereocenters.